The number of fused-ring (bicyclic) bond motifs is 1. The van der Waals surface area contributed by atoms with Crippen molar-refractivity contribution in [2.45, 2.75) is 26.8 Å². The molecule has 2 aromatic carbocycles. The van der Waals surface area contributed by atoms with E-state index in [0.29, 0.717) is 11.4 Å². The maximum absolute atomic E-state index is 6.19. The largest absolute Gasteiger partial charge is 0.398 e. The Balaban J connectivity index is 2.98. The molecule has 8 N–H and O–H groups in total. The molecule has 0 saturated carbocycles. The van der Waals surface area contributed by atoms with Crippen LogP contribution in [0.3, 0.4) is 0 Å². The van der Waals surface area contributed by atoms with Crippen LogP contribution in [0.1, 0.15) is 29.7 Å². The minimum Gasteiger partial charge on any atom is -0.398 e. The molecule has 2 aromatic rings. The summed E-state index contributed by atoms with van der Waals surface area (Å²) in [4.78, 5) is 0. The number of nitrogen functional groups attached to an aromatic ring is 3. The first-order chi connectivity index (χ1) is 8.34. The zero-order valence-electron chi connectivity index (χ0n) is 11.0. The van der Waals surface area contributed by atoms with Crippen LogP contribution in [0.25, 0.3) is 10.8 Å². The molecule has 4 heteroatoms. The summed E-state index contributed by atoms with van der Waals surface area (Å²) in [5.74, 6) is 0. The molecule has 0 heterocycles. The number of hydrogen-bond acceptors (Lipinski definition) is 4. The summed E-state index contributed by atoms with van der Waals surface area (Å²) in [6.07, 6.45) is 0. The highest BCUT2D eigenvalue weighted by atomic mass is 14.7. The van der Waals surface area contributed by atoms with Crippen LogP contribution in [0, 0.1) is 13.8 Å². The first-order valence-corrected chi connectivity index (χ1v) is 5.97. The Kier molecular flexibility index (Phi) is 2.83. The van der Waals surface area contributed by atoms with Gasteiger partial charge in [0.2, 0.25) is 0 Å². The molecule has 0 aliphatic rings. The number of nitrogens with two attached hydrogens (primary N) is 4. The number of anilines is 3. The molecule has 0 amide bonds. The van der Waals surface area contributed by atoms with E-state index in [-0.39, 0.29) is 6.04 Å². The molecule has 0 aliphatic carbocycles. The van der Waals surface area contributed by atoms with Crippen LogP contribution < -0.4 is 22.9 Å². The first-order valence-electron chi connectivity index (χ1n) is 5.97. The number of benzene rings is 2. The minimum atomic E-state index is -0.105. The quantitative estimate of drug-likeness (QED) is 0.577. The standard InChI is InChI=1S/C14H20N4/c1-6-9-4-11(16)12(17)5-10(9)7(2)14(18)13(6)8(3)15/h4-5,8H,15-18H2,1-3H3/t8-/m1/s1. The predicted octanol–water partition coefficient (Wildman–Crippen LogP) is 2.22. The molecule has 0 radical (unpaired) electrons. The Hall–Kier alpha value is -1.94. The summed E-state index contributed by atoms with van der Waals surface area (Å²) >= 11 is 0. The van der Waals surface area contributed by atoms with Gasteiger partial charge in [0.1, 0.15) is 0 Å². The van der Waals surface area contributed by atoms with E-state index in [2.05, 4.69) is 0 Å². The SMILES string of the molecule is Cc1c(N)c([C@@H](C)N)c(C)c2cc(N)c(N)cc12. The lowest BCUT2D eigenvalue weighted by Crippen LogP contribution is -2.12. The van der Waals surface area contributed by atoms with Crippen LogP contribution in [0.15, 0.2) is 12.1 Å². The normalized spacial score (nSPS) is 12.9. The van der Waals surface area contributed by atoms with Gasteiger partial charge in [-0.1, -0.05) is 0 Å². The molecule has 0 fully saturated rings. The average molecular weight is 244 g/mol. The van der Waals surface area contributed by atoms with Gasteiger partial charge in [-0.2, -0.15) is 0 Å². The Morgan fingerprint density at radius 3 is 1.78 bits per heavy atom. The topological polar surface area (TPSA) is 104 Å². The van der Waals surface area contributed by atoms with Crippen LogP contribution in [0.4, 0.5) is 17.1 Å². The van der Waals surface area contributed by atoms with Crippen molar-refractivity contribution in [3.05, 3.63) is 28.8 Å². The molecule has 0 bridgehead atoms. The molecule has 18 heavy (non-hydrogen) atoms. The summed E-state index contributed by atoms with van der Waals surface area (Å²) in [5, 5.41) is 2.11. The third kappa shape index (κ3) is 1.66. The van der Waals surface area contributed by atoms with Crippen molar-refractivity contribution in [3.63, 3.8) is 0 Å². The molecule has 0 aliphatic heterocycles. The van der Waals surface area contributed by atoms with Crippen molar-refractivity contribution in [2.24, 2.45) is 5.73 Å². The van der Waals surface area contributed by atoms with Gasteiger partial charge in [0, 0.05) is 11.7 Å². The van der Waals surface area contributed by atoms with Gasteiger partial charge in [-0.15, -0.1) is 0 Å². The van der Waals surface area contributed by atoms with Gasteiger partial charge in [-0.25, -0.2) is 0 Å². The minimum absolute atomic E-state index is 0.105. The second-order valence-corrected chi connectivity index (χ2v) is 4.89. The van der Waals surface area contributed by atoms with E-state index in [0.717, 1.165) is 33.2 Å². The highest BCUT2D eigenvalue weighted by Crippen LogP contribution is 2.37. The van der Waals surface area contributed by atoms with Crippen molar-refractivity contribution in [1.29, 1.82) is 0 Å². The Morgan fingerprint density at radius 2 is 1.33 bits per heavy atom. The summed E-state index contributed by atoms with van der Waals surface area (Å²) in [7, 11) is 0. The van der Waals surface area contributed by atoms with Crippen molar-refractivity contribution in [3.8, 4) is 0 Å². The van der Waals surface area contributed by atoms with Crippen molar-refractivity contribution < 1.29 is 0 Å². The van der Waals surface area contributed by atoms with Crippen LogP contribution in [-0.4, -0.2) is 0 Å². The van der Waals surface area contributed by atoms with E-state index in [1.807, 2.05) is 32.9 Å². The van der Waals surface area contributed by atoms with Crippen molar-refractivity contribution in [1.82, 2.24) is 0 Å². The fraction of sp³-hybridized carbons (Fsp3) is 0.286. The maximum atomic E-state index is 6.19. The second-order valence-electron chi connectivity index (χ2n) is 4.89. The summed E-state index contributed by atoms with van der Waals surface area (Å²) in [5.41, 5.74) is 28.9. The second kappa shape index (κ2) is 4.07. The Labute approximate surface area is 107 Å². The van der Waals surface area contributed by atoms with Gasteiger partial charge in [-0.05, 0) is 60.4 Å². The van der Waals surface area contributed by atoms with E-state index in [9.17, 15) is 0 Å². The van der Waals surface area contributed by atoms with Crippen molar-refractivity contribution in [2.75, 3.05) is 17.2 Å². The zero-order valence-corrected chi connectivity index (χ0v) is 11.0. The highest BCUT2D eigenvalue weighted by molar-refractivity contribution is 5.99. The van der Waals surface area contributed by atoms with Gasteiger partial charge in [0.05, 0.1) is 11.4 Å². The third-order valence-electron chi connectivity index (χ3n) is 3.58. The molecule has 0 unspecified atom stereocenters. The van der Waals surface area contributed by atoms with Crippen LogP contribution in [0.5, 0.6) is 0 Å². The maximum Gasteiger partial charge on any atom is 0.0554 e. The fourth-order valence-electron chi connectivity index (χ4n) is 2.53. The molecule has 1 atom stereocenters. The number of hydrogen-bond donors (Lipinski definition) is 4. The zero-order chi connectivity index (χ0) is 13.6. The van der Waals surface area contributed by atoms with Gasteiger partial charge in [0.25, 0.3) is 0 Å². The smallest absolute Gasteiger partial charge is 0.0554 e. The average Bonchev–Trinajstić information content (AvgIpc) is 2.29. The molecule has 0 aromatic heterocycles. The van der Waals surface area contributed by atoms with Crippen LogP contribution in [0.2, 0.25) is 0 Å². The number of aryl methyl sites for hydroxylation is 2. The summed E-state index contributed by atoms with van der Waals surface area (Å²) in [6, 6.07) is 3.68. The molecule has 0 spiro atoms. The van der Waals surface area contributed by atoms with E-state index < -0.39 is 0 Å². The van der Waals surface area contributed by atoms with Gasteiger partial charge >= 0.3 is 0 Å². The van der Waals surface area contributed by atoms with Gasteiger partial charge < -0.3 is 22.9 Å². The molecule has 96 valence electrons. The fourth-order valence-corrected chi connectivity index (χ4v) is 2.53. The predicted molar refractivity (Wildman–Crippen MR) is 79.3 cm³/mol. The Morgan fingerprint density at radius 1 is 0.889 bits per heavy atom. The van der Waals surface area contributed by atoms with Crippen LogP contribution in [-0.2, 0) is 0 Å². The van der Waals surface area contributed by atoms with Gasteiger partial charge in [-0.3, -0.25) is 0 Å². The van der Waals surface area contributed by atoms with E-state index in [1.165, 1.54) is 0 Å². The van der Waals surface area contributed by atoms with Crippen LogP contribution >= 0.6 is 0 Å². The lowest BCUT2D eigenvalue weighted by molar-refractivity contribution is 0.814. The molecule has 0 saturated heterocycles. The van der Waals surface area contributed by atoms with E-state index in [4.69, 9.17) is 22.9 Å². The van der Waals surface area contributed by atoms with Gasteiger partial charge in [0.15, 0.2) is 0 Å². The highest BCUT2D eigenvalue weighted by Gasteiger charge is 2.16. The molecule has 2 rings (SSSR count). The first kappa shape index (κ1) is 12.5. The monoisotopic (exact) mass is 244 g/mol. The molecular formula is C14H20N4. The van der Waals surface area contributed by atoms with E-state index >= 15 is 0 Å². The number of rotatable bonds is 1. The summed E-state index contributed by atoms with van der Waals surface area (Å²) < 4.78 is 0. The van der Waals surface area contributed by atoms with Crippen molar-refractivity contribution >= 4 is 27.8 Å². The third-order valence-corrected chi connectivity index (χ3v) is 3.58. The summed E-state index contributed by atoms with van der Waals surface area (Å²) in [6.45, 7) is 5.94. The Bertz CT molecular complexity index is 630. The lowest BCUT2D eigenvalue weighted by Gasteiger charge is -2.19. The van der Waals surface area contributed by atoms with E-state index in [1.54, 1.807) is 0 Å². The molecule has 4 nitrogen and oxygen atoms in total. The lowest BCUT2D eigenvalue weighted by atomic mass is 9.90. The molecular weight excluding hydrogens is 224 g/mol.